The van der Waals surface area contributed by atoms with Gasteiger partial charge < -0.3 is 4.74 Å². The van der Waals surface area contributed by atoms with Crippen LogP contribution >= 0.6 is 22.9 Å². The second-order valence-electron chi connectivity index (χ2n) is 6.62. The predicted molar refractivity (Wildman–Crippen MR) is 118 cm³/mol. The van der Waals surface area contributed by atoms with Crippen molar-refractivity contribution in [3.63, 3.8) is 0 Å². The molecule has 29 heavy (non-hydrogen) atoms. The molecule has 6 heteroatoms. The Labute approximate surface area is 175 Å². The van der Waals surface area contributed by atoms with E-state index in [0.717, 1.165) is 27.9 Å². The molecule has 0 aliphatic carbocycles. The quantitative estimate of drug-likeness (QED) is 0.425. The average molecular weight is 419 g/mol. The standard InChI is InChI=1S/C23H15ClN2O2S/c24-17-10-8-15(9-11-17)14-28-18-5-3-4-16(12-18)13-21-22(27)26-20-7-2-1-6-19(20)25-23(26)29-21/h1-13H,14H2/b21-13-. The summed E-state index contributed by atoms with van der Waals surface area (Å²) in [5.74, 6) is 0.743. The van der Waals surface area contributed by atoms with Gasteiger partial charge in [-0.05, 0) is 53.6 Å². The van der Waals surface area contributed by atoms with Gasteiger partial charge in [0.15, 0.2) is 4.96 Å². The Morgan fingerprint density at radius 3 is 2.72 bits per heavy atom. The zero-order valence-electron chi connectivity index (χ0n) is 15.2. The number of aromatic nitrogens is 2. The largest absolute Gasteiger partial charge is 0.489 e. The summed E-state index contributed by atoms with van der Waals surface area (Å²) in [7, 11) is 0. The number of fused-ring (bicyclic) bond motifs is 3. The highest BCUT2D eigenvalue weighted by Crippen LogP contribution is 2.18. The number of para-hydroxylation sites is 2. The number of imidazole rings is 1. The molecule has 2 aromatic heterocycles. The van der Waals surface area contributed by atoms with Crippen molar-refractivity contribution in [3.05, 3.63) is 104 Å². The molecule has 0 aliphatic heterocycles. The fourth-order valence-electron chi connectivity index (χ4n) is 3.20. The van der Waals surface area contributed by atoms with Gasteiger partial charge in [0.25, 0.3) is 5.56 Å². The number of ether oxygens (including phenoxy) is 1. The van der Waals surface area contributed by atoms with Gasteiger partial charge in [0.05, 0.1) is 15.6 Å². The Morgan fingerprint density at radius 2 is 1.86 bits per heavy atom. The molecule has 0 bridgehead atoms. The van der Waals surface area contributed by atoms with E-state index in [4.69, 9.17) is 16.3 Å². The van der Waals surface area contributed by atoms with E-state index in [1.54, 1.807) is 4.40 Å². The van der Waals surface area contributed by atoms with Gasteiger partial charge in [-0.2, -0.15) is 0 Å². The third kappa shape index (κ3) is 3.50. The summed E-state index contributed by atoms with van der Waals surface area (Å²) in [5.41, 5.74) is 3.57. The molecule has 142 valence electrons. The predicted octanol–water partition coefficient (Wildman–Crippen LogP) is 4.69. The summed E-state index contributed by atoms with van der Waals surface area (Å²) in [6, 6.07) is 22.9. The van der Waals surface area contributed by atoms with Crippen LogP contribution in [0.2, 0.25) is 5.02 Å². The van der Waals surface area contributed by atoms with Gasteiger partial charge in [-0.25, -0.2) is 9.38 Å². The Hall–Kier alpha value is -3.15. The lowest BCUT2D eigenvalue weighted by atomic mass is 10.2. The van der Waals surface area contributed by atoms with Gasteiger partial charge in [-0.1, -0.05) is 59.3 Å². The summed E-state index contributed by atoms with van der Waals surface area (Å²) >= 11 is 7.31. The first-order valence-corrected chi connectivity index (χ1v) is 10.3. The molecule has 0 N–H and O–H groups in total. The van der Waals surface area contributed by atoms with E-state index in [0.29, 0.717) is 21.1 Å². The molecular weight excluding hydrogens is 404 g/mol. The first-order valence-electron chi connectivity index (χ1n) is 9.06. The highest BCUT2D eigenvalue weighted by Gasteiger charge is 2.10. The van der Waals surface area contributed by atoms with Crippen molar-refractivity contribution in [1.82, 2.24) is 9.38 Å². The van der Waals surface area contributed by atoms with Crippen LogP contribution in [-0.4, -0.2) is 9.38 Å². The maximum atomic E-state index is 12.9. The van der Waals surface area contributed by atoms with E-state index in [2.05, 4.69) is 4.98 Å². The summed E-state index contributed by atoms with van der Waals surface area (Å²) in [6.45, 7) is 0.451. The maximum absolute atomic E-state index is 12.9. The normalized spacial score (nSPS) is 12.1. The lowest BCUT2D eigenvalue weighted by molar-refractivity contribution is 0.306. The minimum Gasteiger partial charge on any atom is -0.489 e. The van der Waals surface area contributed by atoms with Gasteiger partial charge in [0.2, 0.25) is 0 Å². The van der Waals surface area contributed by atoms with Crippen LogP contribution in [0.4, 0.5) is 0 Å². The van der Waals surface area contributed by atoms with Crippen molar-refractivity contribution in [1.29, 1.82) is 0 Å². The average Bonchev–Trinajstić information content (AvgIpc) is 3.24. The first kappa shape index (κ1) is 17.9. The second kappa shape index (κ2) is 7.35. The smallest absolute Gasteiger partial charge is 0.274 e. The number of hydrogen-bond acceptors (Lipinski definition) is 4. The monoisotopic (exact) mass is 418 g/mol. The van der Waals surface area contributed by atoms with E-state index < -0.39 is 0 Å². The van der Waals surface area contributed by atoms with E-state index in [1.165, 1.54) is 11.3 Å². The zero-order chi connectivity index (χ0) is 19.8. The number of benzene rings is 3. The Kier molecular flexibility index (Phi) is 4.54. The van der Waals surface area contributed by atoms with Gasteiger partial charge in [-0.15, -0.1) is 0 Å². The van der Waals surface area contributed by atoms with Crippen molar-refractivity contribution in [2.75, 3.05) is 0 Å². The summed E-state index contributed by atoms with van der Waals surface area (Å²) in [5, 5.41) is 0.703. The second-order valence-corrected chi connectivity index (χ2v) is 8.07. The van der Waals surface area contributed by atoms with Crippen LogP contribution in [0.3, 0.4) is 0 Å². The van der Waals surface area contributed by atoms with Crippen LogP contribution < -0.4 is 14.8 Å². The molecule has 2 heterocycles. The number of nitrogens with zero attached hydrogens (tertiary/aromatic N) is 2. The minimum absolute atomic E-state index is 0.0498. The van der Waals surface area contributed by atoms with Crippen molar-refractivity contribution >= 4 is 45.0 Å². The van der Waals surface area contributed by atoms with E-state index in [-0.39, 0.29) is 5.56 Å². The highest BCUT2D eigenvalue weighted by atomic mass is 35.5. The van der Waals surface area contributed by atoms with Crippen LogP contribution in [0.25, 0.3) is 22.1 Å². The first-order chi connectivity index (χ1) is 14.2. The summed E-state index contributed by atoms with van der Waals surface area (Å²) in [4.78, 5) is 18.1. The van der Waals surface area contributed by atoms with E-state index in [1.807, 2.05) is 78.9 Å². The molecule has 0 radical (unpaired) electrons. The molecule has 0 saturated heterocycles. The van der Waals surface area contributed by atoms with Gasteiger partial charge in [0.1, 0.15) is 12.4 Å². The maximum Gasteiger partial charge on any atom is 0.274 e. The topological polar surface area (TPSA) is 43.6 Å². The molecule has 0 amide bonds. The Balaban J connectivity index is 1.46. The van der Waals surface area contributed by atoms with Gasteiger partial charge >= 0.3 is 0 Å². The summed E-state index contributed by atoms with van der Waals surface area (Å²) in [6.07, 6.45) is 1.88. The van der Waals surface area contributed by atoms with Crippen LogP contribution in [0.1, 0.15) is 11.1 Å². The number of hydrogen-bond donors (Lipinski definition) is 0. The lowest BCUT2D eigenvalue weighted by Gasteiger charge is -2.07. The zero-order valence-corrected chi connectivity index (χ0v) is 16.8. The molecule has 4 nitrogen and oxygen atoms in total. The molecule has 0 aliphatic rings. The molecule has 3 aromatic carbocycles. The van der Waals surface area contributed by atoms with Gasteiger partial charge in [-0.3, -0.25) is 4.79 Å². The van der Waals surface area contributed by atoms with Crippen LogP contribution in [0, 0.1) is 0 Å². The van der Waals surface area contributed by atoms with Crippen molar-refractivity contribution < 1.29 is 4.74 Å². The lowest BCUT2D eigenvalue weighted by Crippen LogP contribution is -2.22. The Bertz CT molecular complexity index is 1440. The molecule has 0 spiro atoms. The Morgan fingerprint density at radius 1 is 1.03 bits per heavy atom. The number of halogens is 1. The summed E-state index contributed by atoms with van der Waals surface area (Å²) < 4.78 is 8.21. The molecule has 0 fully saturated rings. The van der Waals surface area contributed by atoms with Crippen molar-refractivity contribution in [2.24, 2.45) is 0 Å². The molecule has 0 unspecified atom stereocenters. The van der Waals surface area contributed by atoms with Gasteiger partial charge in [0, 0.05) is 5.02 Å². The van der Waals surface area contributed by atoms with Crippen LogP contribution in [-0.2, 0) is 6.61 Å². The SMILES string of the molecule is O=c1/c(=C/c2cccc(OCc3ccc(Cl)cc3)c2)sc2nc3ccccc3n12. The number of thiazole rings is 1. The molecule has 0 saturated carbocycles. The molecule has 5 aromatic rings. The number of rotatable bonds is 4. The van der Waals surface area contributed by atoms with E-state index >= 15 is 0 Å². The van der Waals surface area contributed by atoms with E-state index in [9.17, 15) is 4.79 Å². The fraction of sp³-hybridized carbons (Fsp3) is 0.0435. The molecule has 0 atom stereocenters. The van der Waals surface area contributed by atoms with Crippen molar-refractivity contribution in [2.45, 2.75) is 6.61 Å². The van der Waals surface area contributed by atoms with Crippen LogP contribution in [0.15, 0.2) is 77.6 Å². The molecular formula is C23H15ClN2O2S. The third-order valence-electron chi connectivity index (χ3n) is 4.62. The fourth-order valence-corrected chi connectivity index (χ4v) is 4.32. The minimum atomic E-state index is -0.0498. The molecule has 5 rings (SSSR count). The highest BCUT2D eigenvalue weighted by molar-refractivity contribution is 7.15. The van der Waals surface area contributed by atoms with Crippen molar-refractivity contribution in [3.8, 4) is 5.75 Å². The third-order valence-corrected chi connectivity index (χ3v) is 5.84. The van der Waals surface area contributed by atoms with Crippen LogP contribution in [0.5, 0.6) is 5.75 Å².